The van der Waals surface area contributed by atoms with Gasteiger partial charge < -0.3 is 0 Å². The molecule has 0 saturated heterocycles. The molecular formula is C15H16. The molecule has 2 aromatic carbocycles. The predicted octanol–water partition coefficient (Wildman–Crippen LogP) is 3.84. The first-order chi connectivity index (χ1) is 7.38. The third-order valence-electron chi connectivity index (χ3n) is 2.68. The lowest BCUT2D eigenvalue weighted by atomic mass is 10.0. The van der Waals surface area contributed by atoms with Gasteiger partial charge in [0.15, 0.2) is 0 Å². The van der Waals surface area contributed by atoms with Crippen LogP contribution in [0.15, 0.2) is 54.6 Å². The summed E-state index contributed by atoms with van der Waals surface area (Å²) in [4.78, 5) is 0. The van der Waals surface area contributed by atoms with Crippen molar-refractivity contribution in [3.8, 4) is 0 Å². The van der Waals surface area contributed by atoms with E-state index in [1.165, 1.54) is 16.7 Å². The third kappa shape index (κ3) is 2.69. The molecule has 0 unspecified atom stereocenters. The summed E-state index contributed by atoms with van der Waals surface area (Å²) in [5.41, 5.74) is 4.17. The number of hydrogen-bond acceptors (Lipinski definition) is 0. The van der Waals surface area contributed by atoms with Crippen LogP contribution in [-0.4, -0.2) is 0 Å². The van der Waals surface area contributed by atoms with Crippen LogP contribution in [-0.2, 0) is 12.8 Å². The van der Waals surface area contributed by atoms with Crippen LogP contribution in [0, 0.1) is 0 Å². The largest absolute Gasteiger partial charge is 0.0622 e. The Morgan fingerprint density at radius 1 is 0.667 bits per heavy atom. The molecule has 0 amide bonds. The number of hydrogen-bond donors (Lipinski definition) is 0. The molecule has 76 valence electrons. The van der Waals surface area contributed by atoms with Gasteiger partial charge >= 0.3 is 0 Å². The van der Waals surface area contributed by atoms with Crippen molar-refractivity contribution in [3.63, 3.8) is 0 Å². The predicted molar refractivity (Wildman–Crippen MR) is 65.1 cm³/mol. The molecule has 0 spiro atoms. The van der Waals surface area contributed by atoms with Crippen molar-refractivity contribution in [2.24, 2.45) is 0 Å². The van der Waals surface area contributed by atoms with Crippen LogP contribution in [0.5, 0.6) is 0 Å². The van der Waals surface area contributed by atoms with E-state index < -0.39 is 0 Å². The van der Waals surface area contributed by atoms with Gasteiger partial charge in [0.05, 0.1) is 0 Å². The zero-order valence-electron chi connectivity index (χ0n) is 9.11. The molecule has 0 aromatic heterocycles. The van der Waals surface area contributed by atoms with E-state index in [2.05, 4.69) is 61.5 Å². The normalized spacial score (nSPS) is 10.2. The average Bonchev–Trinajstić information content (AvgIpc) is 2.31. The topological polar surface area (TPSA) is 0 Å². The van der Waals surface area contributed by atoms with Gasteiger partial charge in [0.2, 0.25) is 0 Å². The zero-order chi connectivity index (χ0) is 10.5. The van der Waals surface area contributed by atoms with Gasteiger partial charge in [-0.25, -0.2) is 0 Å². The van der Waals surface area contributed by atoms with Crippen LogP contribution in [0.4, 0.5) is 0 Å². The van der Waals surface area contributed by atoms with E-state index in [-0.39, 0.29) is 0 Å². The van der Waals surface area contributed by atoms with Crippen LogP contribution in [0.3, 0.4) is 0 Å². The summed E-state index contributed by atoms with van der Waals surface area (Å²) in [5, 5.41) is 0. The first-order valence-corrected chi connectivity index (χ1v) is 5.50. The van der Waals surface area contributed by atoms with E-state index in [9.17, 15) is 0 Å². The Balaban J connectivity index is 2.11. The van der Waals surface area contributed by atoms with E-state index >= 15 is 0 Å². The maximum Gasteiger partial charge on any atom is -0.00258 e. The van der Waals surface area contributed by atoms with Gasteiger partial charge in [-0.05, 0) is 29.5 Å². The van der Waals surface area contributed by atoms with E-state index in [4.69, 9.17) is 0 Å². The Morgan fingerprint density at radius 2 is 1.20 bits per heavy atom. The lowest BCUT2D eigenvalue weighted by Gasteiger charge is -2.02. The minimum Gasteiger partial charge on any atom is -0.0622 e. The summed E-state index contributed by atoms with van der Waals surface area (Å²) in [6, 6.07) is 19.5. The summed E-state index contributed by atoms with van der Waals surface area (Å²) in [5.74, 6) is 0. The highest BCUT2D eigenvalue weighted by molar-refractivity contribution is 5.28. The molecular weight excluding hydrogens is 180 g/mol. The van der Waals surface area contributed by atoms with Crippen LogP contribution in [0.1, 0.15) is 23.6 Å². The quantitative estimate of drug-likeness (QED) is 0.699. The SMILES string of the molecule is CCc1ccc(Cc2ccccc2)cc1. The summed E-state index contributed by atoms with van der Waals surface area (Å²) < 4.78 is 0. The lowest BCUT2D eigenvalue weighted by molar-refractivity contribution is 1.12. The van der Waals surface area contributed by atoms with Crippen LogP contribution in [0.25, 0.3) is 0 Å². The van der Waals surface area contributed by atoms with E-state index in [0.717, 1.165) is 12.8 Å². The van der Waals surface area contributed by atoms with Gasteiger partial charge in [0, 0.05) is 0 Å². The molecule has 2 rings (SSSR count). The third-order valence-corrected chi connectivity index (χ3v) is 2.68. The maximum absolute atomic E-state index is 2.23. The smallest absolute Gasteiger partial charge is 0.00258 e. The van der Waals surface area contributed by atoms with Crippen molar-refractivity contribution in [3.05, 3.63) is 71.3 Å². The number of aryl methyl sites for hydroxylation is 1. The summed E-state index contributed by atoms with van der Waals surface area (Å²) in [7, 11) is 0. The number of rotatable bonds is 3. The van der Waals surface area contributed by atoms with E-state index in [1.807, 2.05) is 0 Å². The van der Waals surface area contributed by atoms with Gasteiger partial charge in [0.1, 0.15) is 0 Å². The van der Waals surface area contributed by atoms with Gasteiger partial charge in [-0.3, -0.25) is 0 Å². The van der Waals surface area contributed by atoms with Crippen molar-refractivity contribution < 1.29 is 0 Å². The minimum absolute atomic E-state index is 1.03. The molecule has 0 aliphatic carbocycles. The second-order valence-corrected chi connectivity index (χ2v) is 3.83. The molecule has 0 aliphatic rings. The molecule has 0 radical (unpaired) electrons. The Morgan fingerprint density at radius 3 is 1.80 bits per heavy atom. The molecule has 0 saturated carbocycles. The van der Waals surface area contributed by atoms with Crippen LogP contribution in [0.2, 0.25) is 0 Å². The highest BCUT2D eigenvalue weighted by Crippen LogP contribution is 2.10. The second kappa shape index (κ2) is 4.79. The van der Waals surface area contributed by atoms with Gasteiger partial charge in [-0.2, -0.15) is 0 Å². The van der Waals surface area contributed by atoms with E-state index in [1.54, 1.807) is 0 Å². The zero-order valence-corrected chi connectivity index (χ0v) is 9.11. The standard InChI is InChI=1S/C15H16/c1-2-13-8-10-15(11-9-13)12-14-6-4-3-5-7-14/h3-11H,2,12H2,1H3. The van der Waals surface area contributed by atoms with Gasteiger partial charge in [-0.1, -0.05) is 61.5 Å². The van der Waals surface area contributed by atoms with Gasteiger partial charge in [-0.15, -0.1) is 0 Å². The molecule has 15 heavy (non-hydrogen) atoms. The first kappa shape index (κ1) is 9.97. The van der Waals surface area contributed by atoms with Gasteiger partial charge in [0.25, 0.3) is 0 Å². The van der Waals surface area contributed by atoms with Crippen molar-refractivity contribution in [1.82, 2.24) is 0 Å². The van der Waals surface area contributed by atoms with Crippen molar-refractivity contribution in [2.45, 2.75) is 19.8 Å². The fourth-order valence-electron chi connectivity index (χ4n) is 1.72. The molecule has 0 bridgehead atoms. The molecule has 0 atom stereocenters. The second-order valence-electron chi connectivity index (χ2n) is 3.83. The summed E-state index contributed by atoms with van der Waals surface area (Å²) in [6.07, 6.45) is 2.15. The molecule has 0 N–H and O–H groups in total. The highest BCUT2D eigenvalue weighted by atomic mass is 14.0. The summed E-state index contributed by atoms with van der Waals surface area (Å²) in [6.45, 7) is 2.19. The average molecular weight is 196 g/mol. The van der Waals surface area contributed by atoms with Crippen molar-refractivity contribution in [2.75, 3.05) is 0 Å². The minimum atomic E-state index is 1.03. The van der Waals surface area contributed by atoms with Crippen molar-refractivity contribution in [1.29, 1.82) is 0 Å². The fraction of sp³-hybridized carbons (Fsp3) is 0.200. The molecule has 0 heteroatoms. The van der Waals surface area contributed by atoms with Crippen molar-refractivity contribution >= 4 is 0 Å². The first-order valence-electron chi connectivity index (χ1n) is 5.50. The Kier molecular flexibility index (Phi) is 3.18. The molecule has 0 heterocycles. The van der Waals surface area contributed by atoms with E-state index in [0.29, 0.717) is 0 Å². The highest BCUT2D eigenvalue weighted by Gasteiger charge is 1.95. The molecule has 0 aliphatic heterocycles. The monoisotopic (exact) mass is 196 g/mol. The molecule has 0 nitrogen and oxygen atoms in total. The number of benzene rings is 2. The molecule has 2 aromatic rings. The van der Waals surface area contributed by atoms with Crippen LogP contribution >= 0.6 is 0 Å². The fourth-order valence-corrected chi connectivity index (χ4v) is 1.72. The Hall–Kier alpha value is -1.56. The Labute approximate surface area is 91.6 Å². The van der Waals surface area contributed by atoms with Crippen LogP contribution < -0.4 is 0 Å². The lowest BCUT2D eigenvalue weighted by Crippen LogP contribution is -1.88. The maximum atomic E-state index is 2.23. The molecule has 0 fully saturated rings. The Bertz CT molecular complexity index is 398. The summed E-state index contributed by atoms with van der Waals surface area (Å²) >= 11 is 0.